The summed E-state index contributed by atoms with van der Waals surface area (Å²) in [6.07, 6.45) is 4.36. The Morgan fingerprint density at radius 1 is 1.29 bits per heavy atom. The van der Waals surface area contributed by atoms with Crippen molar-refractivity contribution in [3.05, 3.63) is 29.8 Å². The Labute approximate surface area is 144 Å². The Kier molecular flexibility index (Phi) is 5.74. The molecule has 1 aliphatic heterocycles. The van der Waals surface area contributed by atoms with Crippen LogP contribution in [0.1, 0.15) is 43.7 Å². The van der Waals surface area contributed by atoms with Crippen molar-refractivity contribution in [1.82, 2.24) is 10.2 Å². The topological polar surface area (TPSA) is 61.8 Å². The minimum atomic E-state index is -0.485. The van der Waals surface area contributed by atoms with Crippen molar-refractivity contribution >= 4 is 5.91 Å². The molecule has 1 amide bonds. The van der Waals surface area contributed by atoms with Crippen LogP contribution < -0.4 is 10.1 Å². The zero-order valence-corrected chi connectivity index (χ0v) is 14.4. The van der Waals surface area contributed by atoms with Crippen LogP contribution in [0.3, 0.4) is 0 Å². The number of rotatable bonds is 6. The molecule has 2 N–H and O–H groups in total. The minimum absolute atomic E-state index is 0.0147. The molecule has 1 saturated carbocycles. The quantitative estimate of drug-likeness (QED) is 0.837. The number of likely N-dealkylation sites (tertiary alicyclic amines) is 1. The number of para-hydroxylation sites is 1. The number of methoxy groups -OCH3 is 1. The first-order chi connectivity index (χ1) is 11.7. The van der Waals surface area contributed by atoms with E-state index < -0.39 is 6.10 Å². The van der Waals surface area contributed by atoms with E-state index in [2.05, 4.69) is 16.3 Å². The lowest BCUT2D eigenvalue weighted by molar-refractivity contribution is -0.127. The molecule has 3 rings (SSSR count). The lowest BCUT2D eigenvalue weighted by Gasteiger charge is -2.30. The van der Waals surface area contributed by atoms with Crippen LogP contribution in [-0.4, -0.2) is 48.8 Å². The minimum Gasteiger partial charge on any atom is -0.496 e. The van der Waals surface area contributed by atoms with Crippen molar-refractivity contribution < 1.29 is 14.6 Å². The summed E-state index contributed by atoms with van der Waals surface area (Å²) in [5.74, 6) is 0.602. The summed E-state index contributed by atoms with van der Waals surface area (Å²) in [5, 5.41) is 13.0. The van der Waals surface area contributed by atoms with Crippen LogP contribution in [0, 0.1) is 5.92 Å². The molecule has 0 bridgehead atoms. The number of ether oxygens (including phenoxy) is 1. The van der Waals surface area contributed by atoms with Crippen molar-refractivity contribution in [3.8, 4) is 5.75 Å². The maximum Gasteiger partial charge on any atom is 0.225 e. The van der Waals surface area contributed by atoms with Crippen molar-refractivity contribution in [2.24, 2.45) is 5.92 Å². The van der Waals surface area contributed by atoms with E-state index in [4.69, 9.17) is 4.74 Å². The van der Waals surface area contributed by atoms with Crippen LogP contribution in [-0.2, 0) is 4.79 Å². The average Bonchev–Trinajstić information content (AvgIpc) is 3.27. The number of nitrogens with zero attached hydrogens (tertiary/aromatic N) is 1. The number of nitrogens with one attached hydrogen (secondary N) is 1. The van der Waals surface area contributed by atoms with Gasteiger partial charge in [-0.05, 0) is 51.3 Å². The number of carbonyl (C=O) groups excluding carboxylic acids is 1. The highest BCUT2D eigenvalue weighted by Crippen LogP contribution is 2.32. The van der Waals surface area contributed by atoms with Gasteiger partial charge in [-0.3, -0.25) is 9.69 Å². The summed E-state index contributed by atoms with van der Waals surface area (Å²) in [7, 11) is 1.69. The van der Waals surface area contributed by atoms with Gasteiger partial charge in [-0.2, -0.15) is 0 Å². The van der Waals surface area contributed by atoms with Crippen molar-refractivity contribution in [2.45, 2.75) is 44.2 Å². The molecule has 3 unspecified atom stereocenters. The second-order valence-electron chi connectivity index (χ2n) is 6.85. The summed E-state index contributed by atoms with van der Waals surface area (Å²) in [5.41, 5.74) is 1.12. The van der Waals surface area contributed by atoms with Gasteiger partial charge in [0.1, 0.15) is 5.75 Å². The van der Waals surface area contributed by atoms with Gasteiger partial charge in [-0.15, -0.1) is 0 Å². The van der Waals surface area contributed by atoms with Gasteiger partial charge in [-0.1, -0.05) is 18.2 Å². The van der Waals surface area contributed by atoms with Crippen LogP contribution in [0.2, 0.25) is 0 Å². The molecule has 0 aromatic heterocycles. The van der Waals surface area contributed by atoms with Gasteiger partial charge < -0.3 is 15.2 Å². The molecule has 1 saturated heterocycles. The number of aliphatic hydroxyl groups excluding tert-OH is 1. The average molecular weight is 332 g/mol. The fraction of sp³-hybridized carbons (Fsp3) is 0.632. The number of aliphatic hydroxyl groups is 1. The molecule has 1 heterocycles. The Morgan fingerprint density at radius 2 is 2.04 bits per heavy atom. The smallest absolute Gasteiger partial charge is 0.225 e. The SMILES string of the molecule is COc1ccccc1C(CNC(=O)C1CCCC1O)N1CCCC1. The Morgan fingerprint density at radius 3 is 2.71 bits per heavy atom. The van der Waals surface area contributed by atoms with E-state index in [1.807, 2.05) is 18.2 Å². The molecule has 3 atom stereocenters. The van der Waals surface area contributed by atoms with Crippen LogP contribution >= 0.6 is 0 Å². The zero-order chi connectivity index (χ0) is 16.9. The Hall–Kier alpha value is -1.59. The van der Waals surface area contributed by atoms with Crippen molar-refractivity contribution in [1.29, 1.82) is 0 Å². The highest BCUT2D eigenvalue weighted by atomic mass is 16.5. The molecule has 0 spiro atoms. The third-order valence-electron chi connectivity index (χ3n) is 5.37. The van der Waals surface area contributed by atoms with Gasteiger partial charge in [0.2, 0.25) is 5.91 Å². The zero-order valence-electron chi connectivity index (χ0n) is 14.4. The highest BCUT2D eigenvalue weighted by molar-refractivity contribution is 5.79. The molecule has 24 heavy (non-hydrogen) atoms. The maximum absolute atomic E-state index is 12.4. The molecule has 1 aromatic carbocycles. The van der Waals surface area contributed by atoms with E-state index in [0.29, 0.717) is 6.54 Å². The second-order valence-corrected chi connectivity index (χ2v) is 6.85. The predicted octanol–water partition coefficient (Wildman–Crippen LogP) is 2.11. The van der Waals surface area contributed by atoms with Crippen LogP contribution in [0.5, 0.6) is 5.75 Å². The first-order valence-electron chi connectivity index (χ1n) is 9.03. The molecule has 1 aliphatic carbocycles. The number of amides is 1. The van der Waals surface area contributed by atoms with Gasteiger partial charge >= 0.3 is 0 Å². The lowest BCUT2D eigenvalue weighted by atomic mass is 10.0. The van der Waals surface area contributed by atoms with E-state index in [9.17, 15) is 9.90 Å². The Balaban J connectivity index is 1.72. The molecule has 132 valence electrons. The number of carbonyl (C=O) groups is 1. The summed E-state index contributed by atoms with van der Waals surface area (Å²) < 4.78 is 5.53. The van der Waals surface area contributed by atoms with E-state index >= 15 is 0 Å². The van der Waals surface area contributed by atoms with Crippen LogP contribution in [0.4, 0.5) is 0 Å². The van der Waals surface area contributed by atoms with Crippen molar-refractivity contribution in [2.75, 3.05) is 26.7 Å². The molecule has 0 radical (unpaired) electrons. The lowest BCUT2D eigenvalue weighted by Crippen LogP contribution is -2.41. The van der Waals surface area contributed by atoms with E-state index in [-0.39, 0.29) is 17.9 Å². The highest BCUT2D eigenvalue weighted by Gasteiger charge is 2.32. The van der Waals surface area contributed by atoms with Gasteiger partial charge in [-0.25, -0.2) is 0 Å². The first-order valence-corrected chi connectivity index (χ1v) is 9.03. The first kappa shape index (κ1) is 17.2. The molecular formula is C19H28N2O3. The normalized spacial score (nSPS) is 25.6. The molecule has 5 nitrogen and oxygen atoms in total. The van der Waals surface area contributed by atoms with Crippen molar-refractivity contribution in [3.63, 3.8) is 0 Å². The molecule has 2 aliphatic rings. The van der Waals surface area contributed by atoms with Crippen LogP contribution in [0.15, 0.2) is 24.3 Å². The number of benzene rings is 1. The number of hydrogen-bond acceptors (Lipinski definition) is 4. The number of hydrogen-bond donors (Lipinski definition) is 2. The molecule has 5 heteroatoms. The third kappa shape index (κ3) is 3.73. The van der Waals surface area contributed by atoms with Gasteiger partial charge in [0.05, 0.1) is 25.2 Å². The summed E-state index contributed by atoms with van der Waals surface area (Å²) in [6, 6.07) is 8.16. The largest absolute Gasteiger partial charge is 0.496 e. The van der Waals surface area contributed by atoms with E-state index in [1.54, 1.807) is 7.11 Å². The third-order valence-corrected chi connectivity index (χ3v) is 5.37. The maximum atomic E-state index is 12.4. The van der Waals surface area contributed by atoms with E-state index in [0.717, 1.165) is 43.7 Å². The van der Waals surface area contributed by atoms with Gasteiger partial charge in [0, 0.05) is 12.1 Å². The standard InChI is InChI=1S/C19H28N2O3/c1-24-18-10-3-2-7-14(18)16(21-11-4-5-12-21)13-20-19(23)15-8-6-9-17(15)22/h2-3,7,10,15-17,22H,4-6,8-9,11-13H2,1H3,(H,20,23). The van der Waals surface area contributed by atoms with E-state index in [1.165, 1.54) is 12.8 Å². The summed E-state index contributed by atoms with van der Waals surface area (Å²) in [6.45, 7) is 2.65. The monoisotopic (exact) mass is 332 g/mol. The molecule has 1 aromatic rings. The molecular weight excluding hydrogens is 304 g/mol. The second kappa shape index (κ2) is 7.99. The van der Waals surface area contributed by atoms with Crippen LogP contribution in [0.25, 0.3) is 0 Å². The summed E-state index contributed by atoms with van der Waals surface area (Å²) in [4.78, 5) is 14.9. The predicted molar refractivity (Wildman–Crippen MR) is 92.9 cm³/mol. The fourth-order valence-corrected chi connectivity index (χ4v) is 4.01. The fourth-order valence-electron chi connectivity index (χ4n) is 4.01. The molecule has 2 fully saturated rings. The Bertz CT molecular complexity index is 557. The summed E-state index contributed by atoms with van der Waals surface area (Å²) >= 11 is 0. The van der Waals surface area contributed by atoms with Gasteiger partial charge in [0.25, 0.3) is 0 Å². The van der Waals surface area contributed by atoms with Gasteiger partial charge in [0.15, 0.2) is 0 Å².